The lowest BCUT2D eigenvalue weighted by Crippen LogP contribution is -2.46. The van der Waals surface area contributed by atoms with Gasteiger partial charge in [-0.2, -0.15) is 0 Å². The second-order valence-electron chi connectivity index (χ2n) is 7.52. The fourth-order valence-electron chi connectivity index (χ4n) is 2.88. The van der Waals surface area contributed by atoms with Gasteiger partial charge in [-0.15, -0.1) is 0 Å². The summed E-state index contributed by atoms with van der Waals surface area (Å²) in [5, 5.41) is 7.16. The third kappa shape index (κ3) is 5.41. The maximum absolute atomic E-state index is 5.32. The highest BCUT2D eigenvalue weighted by Gasteiger charge is 2.12. The highest BCUT2D eigenvalue weighted by molar-refractivity contribution is 7.80. The first-order chi connectivity index (χ1) is 12.9. The Morgan fingerprint density at radius 1 is 1.00 bits per heavy atom. The van der Waals surface area contributed by atoms with Gasteiger partial charge in [0.05, 0.1) is 5.69 Å². The van der Waals surface area contributed by atoms with Gasteiger partial charge in [-0.3, -0.25) is 0 Å². The molecular formula is C22H26N4S. The minimum absolute atomic E-state index is 0.0386. The predicted molar refractivity (Wildman–Crippen MR) is 117 cm³/mol. The summed E-state index contributed by atoms with van der Waals surface area (Å²) in [4.78, 5) is 8.07. The number of hydrogen-bond donors (Lipinski definition) is 3. The van der Waals surface area contributed by atoms with E-state index in [1.54, 1.807) is 0 Å². The van der Waals surface area contributed by atoms with E-state index in [0.29, 0.717) is 5.11 Å². The normalized spacial score (nSPS) is 11.2. The van der Waals surface area contributed by atoms with Gasteiger partial charge in [0.1, 0.15) is 5.82 Å². The Morgan fingerprint density at radius 3 is 2.37 bits per heavy atom. The van der Waals surface area contributed by atoms with Crippen molar-refractivity contribution in [1.82, 2.24) is 20.6 Å². The van der Waals surface area contributed by atoms with Gasteiger partial charge in [-0.05, 0) is 44.1 Å². The van der Waals surface area contributed by atoms with Gasteiger partial charge in [0.15, 0.2) is 5.11 Å². The summed E-state index contributed by atoms with van der Waals surface area (Å²) in [6, 6.07) is 18.8. The van der Waals surface area contributed by atoms with Crippen LogP contribution in [0.25, 0.3) is 22.4 Å². The standard InChI is InChI=1S/C22H26N4S/c1-22(2,3)26-21(27)23-14-13-20-24-15-19(25-20)18-12-8-7-11-17(18)16-9-5-4-6-10-16/h4-12,15H,13-14H2,1-3H3,(H,24,25)(H2,23,26,27). The van der Waals surface area contributed by atoms with Crippen molar-refractivity contribution in [3.63, 3.8) is 0 Å². The van der Waals surface area contributed by atoms with E-state index in [1.165, 1.54) is 11.1 Å². The van der Waals surface area contributed by atoms with E-state index < -0.39 is 0 Å². The zero-order chi connectivity index (χ0) is 19.3. The second-order valence-corrected chi connectivity index (χ2v) is 7.93. The van der Waals surface area contributed by atoms with Crippen molar-refractivity contribution in [2.24, 2.45) is 0 Å². The van der Waals surface area contributed by atoms with Gasteiger partial charge < -0.3 is 15.6 Å². The number of nitrogens with one attached hydrogen (secondary N) is 3. The number of hydrogen-bond acceptors (Lipinski definition) is 2. The summed E-state index contributed by atoms with van der Waals surface area (Å²) in [5.74, 6) is 0.943. The Balaban J connectivity index is 1.68. The van der Waals surface area contributed by atoms with Crippen LogP contribution in [-0.2, 0) is 6.42 Å². The van der Waals surface area contributed by atoms with Crippen LogP contribution >= 0.6 is 12.2 Å². The van der Waals surface area contributed by atoms with E-state index in [0.717, 1.165) is 30.0 Å². The first-order valence-electron chi connectivity index (χ1n) is 9.17. The Kier molecular flexibility index (Phi) is 5.91. The van der Waals surface area contributed by atoms with Crippen molar-refractivity contribution in [3.8, 4) is 22.4 Å². The van der Waals surface area contributed by atoms with Crippen LogP contribution in [0.4, 0.5) is 0 Å². The van der Waals surface area contributed by atoms with Crippen molar-refractivity contribution in [1.29, 1.82) is 0 Å². The van der Waals surface area contributed by atoms with Crippen LogP contribution in [-0.4, -0.2) is 27.2 Å². The molecule has 3 N–H and O–H groups in total. The van der Waals surface area contributed by atoms with Crippen LogP contribution < -0.4 is 10.6 Å². The molecule has 0 aliphatic heterocycles. The van der Waals surface area contributed by atoms with Gasteiger partial charge in [0, 0.05) is 30.3 Å². The Morgan fingerprint density at radius 2 is 1.67 bits per heavy atom. The van der Waals surface area contributed by atoms with E-state index in [2.05, 4.69) is 78.9 Å². The van der Waals surface area contributed by atoms with Crippen LogP contribution in [0, 0.1) is 0 Å². The molecule has 27 heavy (non-hydrogen) atoms. The predicted octanol–water partition coefficient (Wildman–Crippen LogP) is 4.55. The molecule has 0 aliphatic rings. The molecule has 3 aromatic rings. The number of benzene rings is 2. The molecule has 0 spiro atoms. The summed E-state index contributed by atoms with van der Waals surface area (Å²) >= 11 is 5.32. The summed E-state index contributed by atoms with van der Waals surface area (Å²) in [6.45, 7) is 6.99. The topological polar surface area (TPSA) is 52.7 Å². The second kappa shape index (κ2) is 8.35. The van der Waals surface area contributed by atoms with Gasteiger partial charge in [-0.25, -0.2) is 4.98 Å². The van der Waals surface area contributed by atoms with Gasteiger partial charge in [-0.1, -0.05) is 54.6 Å². The van der Waals surface area contributed by atoms with E-state index in [1.807, 2.05) is 18.3 Å². The molecule has 0 atom stereocenters. The molecule has 140 valence electrons. The van der Waals surface area contributed by atoms with Crippen LogP contribution in [0.15, 0.2) is 60.8 Å². The lowest BCUT2D eigenvalue weighted by atomic mass is 9.98. The molecule has 5 heteroatoms. The van der Waals surface area contributed by atoms with Crippen LogP contribution in [0.5, 0.6) is 0 Å². The van der Waals surface area contributed by atoms with E-state index in [-0.39, 0.29) is 5.54 Å². The summed E-state index contributed by atoms with van der Waals surface area (Å²) < 4.78 is 0. The number of rotatable bonds is 5. The number of nitrogens with zero attached hydrogens (tertiary/aromatic N) is 1. The maximum Gasteiger partial charge on any atom is 0.166 e. The van der Waals surface area contributed by atoms with Gasteiger partial charge >= 0.3 is 0 Å². The minimum Gasteiger partial charge on any atom is -0.362 e. The molecule has 0 saturated carbocycles. The fraction of sp³-hybridized carbons (Fsp3) is 0.273. The van der Waals surface area contributed by atoms with E-state index in [4.69, 9.17) is 17.2 Å². The molecule has 2 aromatic carbocycles. The Labute approximate surface area is 166 Å². The zero-order valence-electron chi connectivity index (χ0n) is 16.0. The molecule has 4 nitrogen and oxygen atoms in total. The molecule has 0 radical (unpaired) electrons. The SMILES string of the molecule is CC(C)(C)NC(=S)NCCc1nc(-c2ccccc2-c2ccccc2)c[nH]1. The third-order valence-electron chi connectivity index (χ3n) is 4.05. The monoisotopic (exact) mass is 378 g/mol. The number of aromatic nitrogens is 2. The lowest BCUT2D eigenvalue weighted by Gasteiger charge is -2.22. The minimum atomic E-state index is -0.0386. The molecule has 1 aromatic heterocycles. The molecule has 0 aliphatic carbocycles. The van der Waals surface area contributed by atoms with Crippen molar-refractivity contribution in [2.75, 3.05) is 6.54 Å². The van der Waals surface area contributed by atoms with Crippen molar-refractivity contribution < 1.29 is 0 Å². The van der Waals surface area contributed by atoms with Crippen LogP contribution in [0.2, 0.25) is 0 Å². The zero-order valence-corrected chi connectivity index (χ0v) is 16.9. The molecule has 0 unspecified atom stereocenters. The molecule has 3 rings (SSSR count). The summed E-state index contributed by atoms with van der Waals surface area (Å²) in [7, 11) is 0. The molecule has 1 heterocycles. The average Bonchev–Trinajstić information content (AvgIpc) is 3.10. The first-order valence-corrected chi connectivity index (χ1v) is 9.58. The maximum atomic E-state index is 5.32. The number of imidazole rings is 1. The van der Waals surface area contributed by atoms with Crippen molar-refractivity contribution in [2.45, 2.75) is 32.7 Å². The van der Waals surface area contributed by atoms with E-state index >= 15 is 0 Å². The van der Waals surface area contributed by atoms with E-state index in [9.17, 15) is 0 Å². The lowest BCUT2D eigenvalue weighted by molar-refractivity contribution is 0.507. The third-order valence-corrected chi connectivity index (χ3v) is 4.30. The van der Waals surface area contributed by atoms with Crippen LogP contribution in [0.3, 0.4) is 0 Å². The highest BCUT2D eigenvalue weighted by atomic mass is 32.1. The molecule has 0 amide bonds. The number of thiocarbonyl (C=S) groups is 1. The molecule has 0 bridgehead atoms. The Hall–Kier alpha value is -2.66. The first kappa shape index (κ1) is 19.1. The van der Waals surface area contributed by atoms with Gasteiger partial charge in [0.25, 0.3) is 0 Å². The highest BCUT2D eigenvalue weighted by Crippen LogP contribution is 2.30. The summed E-state index contributed by atoms with van der Waals surface area (Å²) in [5.41, 5.74) is 4.43. The average molecular weight is 379 g/mol. The van der Waals surface area contributed by atoms with Gasteiger partial charge in [0.2, 0.25) is 0 Å². The smallest absolute Gasteiger partial charge is 0.166 e. The molecule has 0 fully saturated rings. The van der Waals surface area contributed by atoms with Crippen molar-refractivity contribution in [3.05, 3.63) is 66.6 Å². The van der Waals surface area contributed by atoms with Crippen LogP contribution in [0.1, 0.15) is 26.6 Å². The number of aromatic amines is 1. The van der Waals surface area contributed by atoms with Crippen molar-refractivity contribution >= 4 is 17.3 Å². The number of H-pyrrole nitrogens is 1. The summed E-state index contributed by atoms with van der Waals surface area (Å²) in [6.07, 6.45) is 2.75. The molecular weight excluding hydrogens is 352 g/mol. The quantitative estimate of drug-likeness (QED) is 0.570. The fourth-order valence-corrected chi connectivity index (χ4v) is 3.29. The molecule has 0 saturated heterocycles. The largest absolute Gasteiger partial charge is 0.362 e. The Bertz CT molecular complexity index is 894.